The molecule has 1 N–H and O–H groups in total. The van der Waals surface area contributed by atoms with Crippen LogP contribution in [0.5, 0.6) is 5.75 Å². The van der Waals surface area contributed by atoms with Gasteiger partial charge >= 0.3 is 0 Å². The van der Waals surface area contributed by atoms with E-state index in [2.05, 4.69) is 21.2 Å². The van der Waals surface area contributed by atoms with Gasteiger partial charge in [0.1, 0.15) is 12.4 Å². The summed E-state index contributed by atoms with van der Waals surface area (Å²) in [4.78, 5) is 0. The van der Waals surface area contributed by atoms with Gasteiger partial charge in [0.25, 0.3) is 6.43 Å². The minimum atomic E-state index is -2.40. The fraction of sp³-hybridized carbons (Fsp3) is 0.500. The average molecular weight is 324 g/mol. The Balaban J connectivity index is 2.21. The highest BCUT2D eigenvalue weighted by molar-refractivity contribution is 9.10. The number of methoxy groups -OCH3 is 1. The van der Waals surface area contributed by atoms with E-state index in [1.807, 2.05) is 18.2 Å². The zero-order valence-corrected chi connectivity index (χ0v) is 11.7. The molecule has 0 aliphatic heterocycles. The molecule has 0 amide bonds. The number of benzene rings is 1. The fourth-order valence-electron chi connectivity index (χ4n) is 1.37. The van der Waals surface area contributed by atoms with Crippen LogP contribution < -0.4 is 10.1 Å². The number of ether oxygens (including phenoxy) is 2. The lowest BCUT2D eigenvalue weighted by Crippen LogP contribution is -2.20. The summed E-state index contributed by atoms with van der Waals surface area (Å²) in [6.07, 6.45) is -2.40. The SMILES string of the molecule is COc1ccc(CNCCOCC(F)F)cc1Br. The van der Waals surface area contributed by atoms with Crippen LogP contribution in [0.2, 0.25) is 0 Å². The Labute approximate surface area is 114 Å². The van der Waals surface area contributed by atoms with Crippen molar-refractivity contribution in [3.05, 3.63) is 28.2 Å². The second-order valence-corrected chi connectivity index (χ2v) is 4.47. The Morgan fingerprint density at radius 3 is 2.78 bits per heavy atom. The van der Waals surface area contributed by atoms with Crippen LogP contribution in [0.4, 0.5) is 8.78 Å². The average Bonchev–Trinajstić information content (AvgIpc) is 2.33. The van der Waals surface area contributed by atoms with Crippen LogP contribution >= 0.6 is 15.9 Å². The molecule has 0 bridgehead atoms. The third-order valence-electron chi connectivity index (χ3n) is 2.21. The van der Waals surface area contributed by atoms with Crippen LogP contribution in [0, 0.1) is 0 Å². The van der Waals surface area contributed by atoms with Gasteiger partial charge in [0.05, 0.1) is 18.2 Å². The Morgan fingerprint density at radius 2 is 2.17 bits per heavy atom. The highest BCUT2D eigenvalue weighted by Crippen LogP contribution is 2.25. The van der Waals surface area contributed by atoms with Crippen LogP contribution in [0.15, 0.2) is 22.7 Å². The summed E-state index contributed by atoms with van der Waals surface area (Å²) >= 11 is 3.40. The summed E-state index contributed by atoms with van der Waals surface area (Å²) in [5.41, 5.74) is 1.08. The third-order valence-corrected chi connectivity index (χ3v) is 2.83. The Bertz CT molecular complexity index is 364. The van der Waals surface area contributed by atoms with Crippen LogP contribution in [-0.2, 0) is 11.3 Å². The van der Waals surface area contributed by atoms with Crippen LogP contribution in [-0.4, -0.2) is 33.3 Å². The molecule has 0 saturated carbocycles. The fourth-order valence-corrected chi connectivity index (χ4v) is 1.96. The highest BCUT2D eigenvalue weighted by atomic mass is 79.9. The monoisotopic (exact) mass is 323 g/mol. The quantitative estimate of drug-likeness (QED) is 0.746. The summed E-state index contributed by atoms with van der Waals surface area (Å²) in [6, 6.07) is 5.76. The molecular weight excluding hydrogens is 308 g/mol. The highest BCUT2D eigenvalue weighted by Gasteiger charge is 2.02. The molecule has 0 spiro atoms. The summed E-state index contributed by atoms with van der Waals surface area (Å²) in [6.45, 7) is 0.967. The Hall–Kier alpha value is -0.720. The Kier molecular flexibility index (Phi) is 7.15. The normalized spacial score (nSPS) is 10.9. The number of rotatable bonds is 8. The standard InChI is InChI=1S/C12H16BrF2NO2/c1-17-11-3-2-9(6-10(11)13)7-16-4-5-18-8-12(14)15/h2-3,6,12,16H,4-5,7-8H2,1H3. The van der Waals surface area contributed by atoms with E-state index in [1.165, 1.54) is 0 Å². The molecule has 3 nitrogen and oxygen atoms in total. The molecule has 0 aliphatic carbocycles. The molecule has 0 heterocycles. The predicted octanol–water partition coefficient (Wildman–Crippen LogP) is 2.83. The number of hydrogen-bond donors (Lipinski definition) is 1. The van der Waals surface area contributed by atoms with Gasteiger partial charge in [0, 0.05) is 13.1 Å². The molecule has 0 unspecified atom stereocenters. The first kappa shape index (κ1) is 15.3. The van der Waals surface area contributed by atoms with E-state index in [-0.39, 0.29) is 6.61 Å². The maximum absolute atomic E-state index is 11.8. The second kappa shape index (κ2) is 8.39. The topological polar surface area (TPSA) is 30.5 Å². The van der Waals surface area contributed by atoms with Crippen LogP contribution in [0.25, 0.3) is 0 Å². The lowest BCUT2D eigenvalue weighted by molar-refractivity contribution is 0.0187. The zero-order valence-electron chi connectivity index (χ0n) is 10.1. The minimum absolute atomic E-state index is 0.279. The van der Waals surface area contributed by atoms with Gasteiger partial charge in [-0.05, 0) is 33.6 Å². The summed E-state index contributed by atoms with van der Waals surface area (Å²) in [5.74, 6) is 0.777. The first-order valence-corrected chi connectivity index (χ1v) is 6.32. The first-order valence-electron chi connectivity index (χ1n) is 5.52. The maximum Gasteiger partial charge on any atom is 0.261 e. The van der Waals surface area contributed by atoms with E-state index in [4.69, 9.17) is 9.47 Å². The molecule has 1 aromatic rings. The lowest BCUT2D eigenvalue weighted by Gasteiger charge is -2.08. The predicted molar refractivity (Wildman–Crippen MR) is 69.2 cm³/mol. The van der Waals surface area contributed by atoms with Gasteiger partial charge < -0.3 is 14.8 Å². The van der Waals surface area contributed by atoms with Crippen molar-refractivity contribution in [1.29, 1.82) is 0 Å². The van der Waals surface area contributed by atoms with E-state index in [0.717, 1.165) is 15.8 Å². The van der Waals surface area contributed by atoms with E-state index in [1.54, 1.807) is 7.11 Å². The molecule has 18 heavy (non-hydrogen) atoms. The molecular formula is C12H16BrF2NO2. The van der Waals surface area contributed by atoms with Gasteiger partial charge in [0.15, 0.2) is 0 Å². The zero-order chi connectivity index (χ0) is 13.4. The maximum atomic E-state index is 11.8. The molecule has 1 rings (SSSR count). The Morgan fingerprint density at radius 1 is 1.39 bits per heavy atom. The number of halogens is 3. The molecule has 1 aromatic carbocycles. The van der Waals surface area contributed by atoms with Crippen molar-refractivity contribution in [3.63, 3.8) is 0 Å². The molecule has 0 radical (unpaired) electrons. The molecule has 0 atom stereocenters. The van der Waals surface area contributed by atoms with Gasteiger partial charge in [-0.15, -0.1) is 0 Å². The van der Waals surface area contributed by atoms with E-state index in [0.29, 0.717) is 13.1 Å². The van der Waals surface area contributed by atoms with Gasteiger partial charge in [-0.25, -0.2) is 8.78 Å². The van der Waals surface area contributed by atoms with Crippen LogP contribution in [0.1, 0.15) is 5.56 Å². The minimum Gasteiger partial charge on any atom is -0.496 e. The van der Waals surface area contributed by atoms with Gasteiger partial charge in [-0.3, -0.25) is 0 Å². The van der Waals surface area contributed by atoms with Crippen molar-refractivity contribution >= 4 is 15.9 Å². The van der Waals surface area contributed by atoms with Gasteiger partial charge in [-0.1, -0.05) is 6.07 Å². The van der Waals surface area contributed by atoms with E-state index < -0.39 is 13.0 Å². The lowest BCUT2D eigenvalue weighted by atomic mass is 10.2. The first-order chi connectivity index (χ1) is 8.63. The smallest absolute Gasteiger partial charge is 0.261 e. The van der Waals surface area contributed by atoms with E-state index >= 15 is 0 Å². The largest absolute Gasteiger partial charge is 0.496 e. The number of nitrogens with one attached hydrogen (secondary N) is 1. The van der Waals surface area contributed by atoms with Crippen molar-refractivity contribution in [3.8, 4) is 5.75 Å². The molecule has 0 fully saturated rings. The van der Waals surface area contributed by atoms with Crippen molar-refractivity contribution in [1.82, 2.24) is 5.32 Å². The number of alkyl halides is 2. The van der Waals surface area contributed by atoms with Crippen molar-refractivity contribution in [2.45, 2.75) is 13.0 Å². The molecule has 0 aromatic heterocycles. The third kappa shape index (κ3) is 5.75. The molecule has 0 aliphatic rings. The second-order valence-electron chi connectivity index (χ2n) is 3.61. The van der Waals surface area contributed by atoms with Gasteiger partial charge in [0.2, 0.25) is 0 Å². The van der Waals surface area contributed by atoms with Crippen molar-refractivity contribution in [2.24, 2.45) is 0 Å². The van der Waals surface area contributed by atoms with Crippen molar-refractivity contribution in [2.75, 3.05) is 26.9 Å². The molecule has 102 valence electrons. The molecule has 0 saturated heterocycles. The number of hydrogen-bond acceptors (Lipinski definition) is 3. The summed E-state index contributed by atoms with van der Waals surface area (Å²) in [5, 5.41) is 3.11. The van der Waals surface area contributed by atoms with Crippen LogP contribution in [0.3, 0.4) is 0 Å². The van der Waals surface area contributed by atoms with E-state index in [9.17, 15) is 8.78 Å². The summed E-state index contributed by atoms with van der Waals surface area (Å²) in [7, 11) is 1.61. The van der Waals surface area contributed by atoms with Gasteiger partial charge in [-0.2, -0.15) is 0 Å². The van der Waals surface area contributed by atoms with Crippen molar-refractivity contribution < 1.29 is 18.3 Å². The molecule has 6 heteroatoms. The summed E-state index contributed by atoms with van der Waals surface area (Å²) < 4.78 is 34.3.